The van der Waals surface area contributed by atoms with E-state index in [1.807, 2.05) is 7.05 Å². The first-order valence-corrected chi connectivity index (χ1v) is 7.44. The third-order valence-corrected chi connectivity index (χ3v) is 4.49. The molecule has 1 aliphatic rings. The van der Waals surface area contributed by atoms with Crippen molar-refractivity contribution in [3.63, 3.8) is 0 Å². The molecule has 0 aliphatic carbocycles. The molecule has 1 saturated heterocycles. The van der Waals surface area contributed by atoms with Crippen LogP contribution >= 0.6 is 35.3 Å². The van der Waals surface area contributed by atoms with E-state index < -0.39 is 0 Å². The van der Waals surface area contributed by atoms with Gasteiger partial charge in [-0.3, -0.25) is 4.90 Å². The van der Waals surface area contributed by atoms with Gasteiger partial charge < -0.3 is 5.32 Å². The molecule has 0 bridgehead atoms. The number of likely N-dealkylation sites (tertiary alicyclic amines) is 1. The molecule has 1 aromatic heterocycles. The maximum absolute atomic E-state index is 5.89. The summed E-state index contributed by atoms with van der Waals surface area (Å²) in [6.45, 7) is 4.51. The van der Waals surface area contributed by atoms with Crippen molar-refractivity contribution in [1.29, 1.82) is 0 Å². The summed E-state index contributed by atoms with van der Waals surface area (Å²) in [5.41, 5.74) is 0. The zero-order valence-electron chi connectivity index (χ0n) is 10.7. The van der Waals surface area contributed by atoms with Crippen molar-refractivity contribution in [2.24, 2.45) is 5.92 Å². The predicted octanol–water partition coefficient (Wildman–Crippen LogP) is 3.04. The summed E-state index contributed by atoms with van der Waals surface area (Å²) in [6, 6.07) is 0. The largest absolute Gasteiger partial charge is 0.320 e. The molecule has 0 atom stereocenters. The molecule has 1 aromatic rings. The molecule has 1 aliphatic heterocycles. The predicted molar refractivity (Wildman–Crippen MR) is 80.9 cm³/mol. The van der Waals surface area contributed by atoms with Crippen LogP contribution in [0, 0.1) is 5.92 Å². The van der Waals surface area contributed by atoms with Gasteiger partial charge in [-0.05, 0) is 51.9 Å². The Morgan fingerprint density at radius 3 is 2.78 bits per heavy atom. The summed E-state index contributed by atoms with van der Waals surface area (Å²) in [7, 11) is 2.03. The number of halogens is 2. The van der Waals surface area contributed by atoms with Crippen LogP contribution in [0.25, 0.3) is 0 Å². The Labute approximate surface area is 124 Å². The number of piperidine rings is 1. The van der Waals surface area contributed by atoms with E-state index in [2.05, 4.69) is 15.2 Å². The molecule has 0 saturated carbocycles. The van der Waals surface area contributed by atoms with Gasteiger partial charge in [0.15, 0.2) is 0 Å². The molecule has 0 unspecified atom stereocenters. The Kier molecular flexibility index (Phi) is 7.49. The van der Waals surface area contributed by atoms with Crippen molar-refractivity contribution in [3.8, 4) is 0 Å². The second-order valence-corrected chi connectivity index (χ2v) is 6.42. The Morgan fingerprint density at radius 1 is 1.50 bits per heavy atom. The minimum absolute atomic E-state index is 0. The average Bonchev–Trinajstić information content (AvgIpc) is 2.74. The smallest absolute Gasteiger partial charge is 0.113 e. The lowest BCUT2D eigenvalue weighted by Gasteiger charge is -2.31. The first-order valence-electron chi connectivity index (χ1n) is 6.25. The first-order chi connectivity index (χ1) is 8.28. The summed E-state index contributed by atoms with van der Waals surface area (Å²) < 4.78 is 0.795. The van der Waals surface area contributed by atoms with Crippen LogP contribution in [0.1, 0.15) is 24.3 Å². The Hall–Kier alpha value is 0.130. The Bertz CT molecular complexity index is 338. The van der Waals surface area contributed by atoms with Crippen LogP contribution in [0.15, 0.2) is 6.20 Å². The van der Waals surface area contributed by atoms with Crippen molar-refractivity contribution in [2.45, 2.75) is 25.8 Å². The van der Waals surface area contributed by atoms with Crippen LogP contribution in [0.4, 0.5) is 0 Å². The van der Waals surface area contributed by atoms with E-state index in [1.54, 1.807) is 17.5 Å². The quantitative estimate of drug-likeness (QED) is 0.906. The van der Waals surface area contributed by atoms with Crippen LogP contribution in [-0.4, -0.2) is 36.6 Å². The van der Waals surface area contributed by atoms with Gasteiger partial charge in [0.05, 0.1) is 12.7 Å². The van der Waals surface area contributed by atoms with Gasteiger partial charge in [-0.25, -0.2) is 4.98 Å². The van der Waals surface area contributed by atoms with Crippen LogP contribution in [0.3, 0.4) is 0 Å². The van der Waals surface area contributed by atoms with Gasteiger partial charge in [-0.1, -0.05) is 11.6 Å². The highest BCUT2D eigenvalue weighted by atomic mass is 35.5. The lowest BCUT2D eigenvalue weighted by Crippen LogP contribution is -2.34. The number of nitrogens with zero attached hydrogens (tertiary/aromatic N) is 2. The highest BCUT2D eigenvalue weighted by Crippen LogP contribution is 2.24. The van der Waals surface area contributed by atoms with Crippen LogP contribution in [-0.2, 0) is 6.54 Å². The van der Waals surface area contributed by atoms with E-state index in [9.17, 15) is 0 Å². The van der Waals surface area contributed by atoms with Crippen molar-refractivity contribution in [1.82, 2.24) is 15.2 Å². The summed E-state index contributed by atoms with van der Waals surface area (Å²) in [6.07, 6.45) is 5.70. The molecule has 1 N–H and O–H groups in total. The highest BCUT2D eigenvalue weighted by molar-refractivity contribution is 7.15. The van der Waals surface area contributed by atoms with Crippen molar-refractivity contribution in [3.05, 3.63) is 15.5 Å². The first kappa shape index (κ1) is 16.2. The lowest BCUT2D eigenvalue weighted by atomic mass is 9.93. The minimum Gasteiger partial charge on any atom is -0.320 e. The molecule has 1 fully saturated rings. The SMILES string of the molecule is CNCCC1CCN(Cc2ncc(Cl)s2)CC1.Cl. The molecular formula is C12H21Cl2N3S. The van der Waals surface area contributed by atoms with Crippen LogP contribution in [0.2, 0.25) is 4.34 Å². The number of hydrogen-bond donors (Lipinski definition) is 1. The molecule has 0 aromatic carbocycles. The standard InChI is InChI=1S/C12H20ClN3S.ClH/c1-14-5-2-10-3-6-16(7-4-10)9-12-15-8-11(13)17-12;/h8,10,14H,2-7,9H2,1H3;1H. The third-order valence-electron chi connectivity index (χ3n) is 3.39. The fraction of sp³-hybridized carbons (Fsp3) is 0.750. The van der Waals surface area contributed by atoms with Crippen molar-refractivity contribution >= 4 is 35.3 Å². The average molecular weight is 310 g/mol. The number of thiazole rings is 1. The fourth-order valence-electron chi connectivity index (χ4n) is 2.33. The monoisotopic (exact) mass is 309 g/mol. The lowest BCUT2D eigenvalue weighted by molar-refractivity contribution is 0.172. The zero-order chi connectivity index (χ0) is 12.1. The molecule has 6 heteroatoms. The molecular weight excluding hydrogens is 289 g/mol. The van der Waals surface area contributed by atoms with Gasteiger partial charge in [0.2, 0.25) is 0 Å². The van der Waals surface area contributed by atoms with E-state index in [0.717, 1.165) is 28.4 Å². The van der Waals surface area contributed by atoms with E-state index in [1.165, 1.54) is 32.4 Å². The number of nitrogens with one attached hydrogen (secondary N) is 1. The Morgan fingerprint density at radius 2 is 2.22 bits per heavy atom. The molecule has 0 spiro atoms. The molecule has 18 heavy (non-hydrogen) atoms. The zero-order valence-corrected chi connectivity index (χ0v) is 13.1. The maximum atomic E-state index is 5.89. The molecule has 2 heterocycles. The van der Waals surface area contributed by atoms with Gasteiger partial charge in [-0.15, -0.1) is 23.7 Å². The summed E-state index contributed by atoms with van der Waals surface area (Å²) >= 11 is 7.49. The number of hydrogen-bond acceptors (Lipinski definition) is 4. The van der Waals surface area contributed by atoms with E-state index in [-0.39, 0.29) is 12.4 Å². The second-order valence-electron chi connectivity index (χ2n) is 4.67. The second kappa shape index (κ2) is 8.33. The van der Waals surface area contributed by atoms with Gasteiger partial charge in [0.1, 0.15) is 9.34 Å². The van der Waals surface area contributed by atoms with Gasteiger partial charge >= 0.3 is 0 Å². The Balaban J connectivity index is 0.00000162. The van der Waals surface area contributed by atoms with Gasteiger partial charge in [0, 0.05) is 0 Å². The van der Waals surface area contributed by atoms with Crippen molar-refractivity contribution < 1.29 is 0 Å². The summed E-state index contributed by atoms with van der Waals surface area (Å²) in [4.78, 5) is 6.80. The molecule has 104 valence electrons. The normalized spacial score (nSPS) is 17.7. The highest BCUT2D eigenvalue weighted by Gasteiger charge is 2.19. The van der Waals surface area contributed by atoms with E-state index in [4.69, 9.17) is 11.6 Å². The maximum Gasteiger partial charge on any atom is 0.113 e. The molecule has 0 amide bonds. The molecule has 2 rings (SSSR count). The van der Waals surface area contributed by atoms with Crippen LogP contribution in [0.5, 0.6) is 0 Å². The molecule has 0 radical (unpaired) electrons. The summed E-state index contributed by atoms with van der Waals surface area (Å²) in [5, 5.41) is 4.37. The van der Waals surface area contributed by atoms with Crippen LogP contribution < -0.4 is 5.32 Å². The summed E-state index contributed by atoms with van der Waals surface area (Å²) in [5.74, 6) is 0.901. The number of rotatable bonds is 5. The van der Waals surface area contributed by atoms with E-state index >= 15 is 0 Å². The minimum atomic E-state index is 0. The van der Waals surface area contributed by atoms with Crippen molar-refractivity contribution in [2.75, 3.05) is 26.7 Å². The number of aromatic nitrogens is 1. The van der Waals surface area contributed by atoms with Gasteiger partial charge in [0.25, 0.3) is 0 Å². The third kappa shape index (κ3) is 5.02. The fourth-order valence-corrected chi connectivity index (χ4v) is 3.33. The van der Waals surface area contributed by atoms with E-state index in [0.29, 0.717) is 0 Å². The molecule has 3 nitrogen and oxygen atoms in total. The van der Waals surface area contributed by atoms with Gasteiger partial charge in [-0.2, -0.15) is 0 Å². The topological polar surface area (TPSA) is 28.2 Å².